The molecule has 0 aromatic heterocycles. The molecule has 1 aromatic rings. The zero-order valence-corrected chi connectivity index (χ0v) is 12.5. The molecule has 0 saturated carbocycles. The van der Waals surface area contributed by atoms with Crippen molar-refractivity contribution in [1.29, 1.82) is 0 Å². The fourth-order valence-electron chi connectivity index (χ4n) is 2.87. The number of carbonyl (C=O) groups is 1. The van der Waals surface area contributed by atoms with E-state index < -0.39 is 0 Å². The number of benzene rings is 1. The quantitative estimate of drug-likeness (QED) is 0.856. The number of fused-ring (bicyclic) bond motifs is 1. The molecule has 3 atom stereocenters. The van der Waals surface area contributed by atoms with Crippen molar-refractivity contribution in [2.75, 3.05) is 18.2 Å². The van der Waals surface area contributed by atoms with Gasteiger partial charge in [-0.25, -0.2) is 0 Å². The summed E-state index contributed by atoms with van der Waals surface area (Å²) in [4.78, 5) is 13.2. The van der Waals surface area contributed by atoms with Crippen molar-refractivity contribution in [3.63, 3.8) is 0 Å². The average molecular weight is 292 g/mol. The van der Waals surface area contributed by atoms with Gasteiger partial charge in [0, 0.05) is 19.2 Å². The van der Waals surface area contributed by atoms with Gasteiger partial charge in [0.25, 0.3) is 0 Å². The summed E-state index contributed by atoms with van der Waals surface area (Å²) in [5, 5.41) is 10.3. The molecular weight excluding hydrogens is 272 g/mol. The van der Waals surface area contributed by atoms with E-state index in [-0.39, 0.29) is 28.7 Å². The summed E-state index contributed by atoms with van der Waals surface area (Å²) >= 11 is 0. The van der Waals surface area contributed by atoms with Gasteiger partial charge in [-0.1, -0.05) is 35.0 Å². The van der Waals surface area contributed by atoms with Crippen LogP contribution in [0, 0.1) is 0 Å². The van der Waals surface area contributed by atoms with Gasteiger partial charge in [0.05, 0.1) is 12.0 Å². The number of aliphatic hydroxyl groups excluding tert-OH is 1. The number of aliphatic hydroxyl groups is 1. The van der Waals surface area contributed by atoms with Crippen LogP contribution in [0.1, 0.15) is 30.5 Å². The molecule has 1 N–H and O–H groups in total. The first-order valence-corrected chi connectivity index (χ1v) is 8.57. The van der Waals surface area contributed by atoms with Crippen LogP contribution < -0.4 is 0 Å². The highest BCUT2D eigenvalue weighted by Crippen LogP contribution is 2.33. The second-order valence-corrected chi connectivity index (χ2v) is 7.24. The Morgan fingerprint density at radius 1 is 1.45 bits per heavy atom. The van der Waals surface area contributed by atoms with Crippen molar-refractivity contribution in [2.45, 2.75) is 31.9 Å². The highest BCUT2D eigenvalue weighted by atomic mass is 32.2. The maximum Gasteiger partial charge on any atom is 0.220 e. The monoisotopic (exact) mass is 292 g/mol. The lowest BCUT2D eigenvalue weighted by molar-refractivity contribution is -0.127. The van der Waals surface area contributed by atoms with Gasteiger partial charge in [-0.15, -0.1) is 0 Å². The summed E-state index contributed by atoms with van der Waals surface area (Å²) in [6.45, 7) is 2.41. The molecule has 2 aliphatic rings. The molecule has 1 heterocycles. The van der Waals surface area contributed by atoms with Gasteiger partial charge in [0.15, 0.2) is 0 Å². The maximum absolute atomic E-state index is 11.4. The Hall–Kier alpha value is -1.20. The Morgan fingerprint density at radius 3 is 3.00 bits per heavy atom. The Balaban J connectivity index is 1.85. The van der Waals surface area contributed by atoms with E-state index in [0.29, 0.717) is 0 Å². The van der Waals surface area contributed by atoms with Crippen molar-refractivity contribution >= 4 is 16.6 Å². The minimum atomic E-state index is -0.385. The first kappa shape index (κ1) is 13.8. The lowest BCUT2D eigenvalue weighted by Gasteiger charge is -2.28. The predicted octanol–water partition coefficient (Wildman–Crippen LogP) is 1.66. The normalized spacial score (nSPS) is 29.5. The van der Waals surface area contributed by atoms with E-state index in [1.807, 2.05) is 17.0 Å². The van der Waals surface area contributed by atoms with Crippen LogP contribution in [0.5, 0.6) is 0 Å². The summed E-state index contributed by atoms with van der Waals surface area (Å²) in [6, 6.07) is 8.15. The van der Waals surface area contributed by atoms with Crippen molar-refractivity contribution in [1.82, 2.24) is 4.90 Å². The van der Waals surface area contributed by atoms with E-state index in [2.05, 4.69) is 12.1 Å². The van der Waals surface area contributed by atoms with Gasteiger partial charge in [0.1, 0.15) is 6.04 Å². The lowest BCUT2D eigenvalue weighted by atomic mass is 9.86. The fourth-order valence-corrected chi connectivity index (χ4v) is 4.84. The van der Waals surface area contributed by atoms with Crippen LogP contribution in [0.15, 0.2) is 28.6 Å². The molecule has 1 aromatic carbocycles. The number of nitrogens with zero attached hydrogens (tertiary/aromatic N) is 2. The minimum Gasteiger partial charge on any atom is -0.390 e. The smallest absolute Gasteiger partial charge is 0.220 e. The van der Waals surface area contributed by atoms with Crippen molar-refractivity contribution in [2.24, 2.45) is 4.36 Å². The third-order valence-electron chi connectivity index (χ3n) is 4.06. The zero-order valence-electron chi connectivity index (χ0n) is 11.7. The number of amides is 1. The summed E-state index contributed by atoms with van der Waals surface area (Å²) in [5.74, 6) is 1.78. The second-order valence-electron chi connectivity index (χ2n) is 5.43. The van der Waals surface area contributed by atoms with E-state index in [0.717, 1.165) is 31.0 Å². The summed E-state index contributed by atoms with van der Waals surface area (Å²) in [6.07, 6.45) is 1.32. The standard InChI is InChI=1S/C15H20N2O2S/c1-11(18)17-8-9-20(10-17)16-15-13-5-3-2-4-12(13)6-7-14(15)19/h2-5,14-15,19H,6-10H2,1H3. The van der Waals surface area contributed by atoms with Gasteiger partial charge in [-0.05, 0) is 24.0 Å². The van der Waals surface area contributed by atoms with Crippen LogP contribution in [0.4, 0.5) is 0 Å². The maximum atomic E-state index is 11.4. The Bertz CT molecular complexity index is 559. The summed E-state index contributed by atoms with van der Waals surface area (Å²) < 4.78 is 4.87. The first-order chi connectivity index (χ1) is 9.65. The molecule has 4 nitrogen and oxygen atoms in total. The molecule has 1 fully saturated rings. The van der Waals surface area contributed by atoms with E-state index >= 15 is 0 Å². The van der Waals surface area contributed by atoms with Gasteiger partial charge in [-0.3, -0.25) is 9.16 Å². The molecule has 1 aliphatic heterocycles. The molecule has 0 radical (unpaired) electrons. The van der Waals surface area contributed by atoms with Crippen molar-refractivity contribution in [3.05, 3.63) is 35.4 Å². The van der Waals surface area contributed by atoms with E-state index in [1.54, 1.807) is 6.92 Å². The van der Waals surface area contributed by atoms with Gasteiger partial charge in [-0.2, -0.15) is 0 Å². The first-order valence-electron chi connectivity index (χ1n) is 7.05. The molecular formula is C15H20N2O2S. The molecule has 108 valence electrons. The Labute approximate surface area is 121 Å². The van der Waals surface area contributed by atoms with E-state index in [1.165, 1.54) is 11.1 Å². The minimum absolute atomic E-state index is 0.116. The van der Waals surface area contributed by atoms with Crippen LogP contribution in [0.2, 0.25) is 0 Å². The fraction of sp³-hybridized carbons (Fsp3) is 0.533. The van der Waals surface area contributed by atoms with Crippen LogP contribution >= 0.6 is 0 Å². The molecule has 1 aliphatic carbocycles. The Kier molecular flexibility index (Phi) is 3.89. The SMILES string of the molecule is CC(=O)N1CCS(=NC2c3ccccc3CCC2O)C1. The third kappa shape index (κ3) is 2.65. The summed E-state index contributed by atoms with van der Waals surface area (Å²) in [5.41, 5.74) is 2.47. The van der Waals surface area contributed by atoms with Gasteiger partial charge in [0.2, 0.25) is 5.91 Å². The molecule has 0 spiro atoms. The van der Waals surface area contributed by atoms with Crippen LogP contribution in [-0.2, 0) is 21.9 Å². The molecule has 3 rings (SSSR count). The largest absolute Gasteiger partial charge is 0.390 e. The molecule has 1 amide bonds. The zero-order chi connectivity index (χ0) is 14.1. The van der Waals surface area contributed by atoms with Crippen molar-refractivity contribution < 1.29 is 9.90 Å². The Morgan fingerprint density at radius 2 is 2.25 bits per heavy atom. The van der Waals surface area contributed by atoms with Crippen LogP contribution in [0.25, 0.3) is 0 Å². The van der Waals surface area contributed by atoms with Crippen LogP contribution in [0.3, 0.4) is 0 Å². The number of carbonyl (C=O) groups excluding carboxylic acids is 1. The highest BCUT2D eigenvalue weighted by molar-refractivity contribution is 7.87. The van der Waals surface area contributed by atoms with Gasteiger partial charge < -0.3 is 10.0 Å². The topological polar surface area (TPSA) is 52.9 Å². The number of hydrogen-bond donors (Lipinski definition) is 1. The molecule has 1 saturated heterocycles. The molecule has 0 bridgehead atoms. The van der Waals surface area contributed by atoms with Crippen LogP contribution in [-0.4, -0.2) is 40.2 Å². The lowest BCUT2D eigenvalue weighted by Crippen LogP contribution is -2.26. The van der Waals surface area contributed by atoms with Gasteiger partial charge >= 0.3 is 0 Å². The molecule has 20 heavy (non-hydrogen) atoms. The molecule has 3 unspecified atom stereocenters. The van der Waals surface area contributed by atoms with Crippen molar-refractivity contribution in [3.8, 4) is 0 Å². The third-order valence-corrected chi connectivity index (χ3v) is 5.85. The number of aryl methyl sites for hydroxylation is 1. The second kappa shape index (κ2) is 5.66. The number of hydrogen-bond acceptors (Lipinski definition) is 3. The van der Waals surface area contributed by atoms with E-state index in [4.69, 9.17) is 4.36 Å². The summed E-state index contributed by atoms with van der Waals surface area (Å²) in [7, 11) is -0.133. The average Bonchev–Trinajstić information content (AvgIpc) is 2.91. The molecule has 5 heteroatoms. The highest BCUT2D eigenvalue weighted by Gasteiger charge is 2.29. The number of rotatable bonds is 1. The predicted molar refractivity (Wildman–Crippen MR) is 80.4 cm³/mol. The van der Waals surface area contributed by atoms with E-state index in [9.17, 15) is 9.90 Å².